The van der Waals surface area contributed by atoms with Crippen LogP contribution in [0.15, 0.2) is 30.6 Å². The Labute approximate surface area is 117 Å². The van der Waals surface area contributed by atoms with E-state index in [2.05, 4.69) is 10.3 Å². The molecule has 1 heterocycles. The van der Waals surface area contributed by atoms with Gasteiger partial charge in [-0.15, -0.1) is 0 Å². The Bertz CT molecular complexity index is 546. The summed E-state index contributed by atoms with van der Waals surface area (Å²) in [4.78, 5) is 4.25. The van der Waals surface area contributed by atoms with Crippen LogP contribution in [0.3, 0.4) is 0 Å². The number of benzene rings is 1. The molecular formula is C15H19F2N3. The van der Waals surface area contributed by atoms with Crippen molar-refractivity contribution in [3.8, 4) is 0 Å². The average molecular weight is 279 g/mol. The Morgan fingerprint density at radius 3 is 2.55 bits per heavy atom. The second-order valence-electron chi connectivity index (χ2n) is 4.88. The lowest BCUT2D eigenvalue weighted by molar-refractivity contribution is 0.477. The zero-order valence-electron chi connectivity index (χ0n) is 11.7. The van der Waals surface area contributed by atoms with Crippen LogP contribution >= 0.6 is 0 Å². The maximum Gasteiger partial charge on any atom is 0.129 e. The molecule has 0 bridgehead atoms. The molecule has 1 N–H and O–H groups in total. The molecule has 3 nitrogen and oxygen atoms in total. The van der Waals surface area contributed by atoms with Crippen molar-refractivity contribution in [1.82, 2.24) is 14.9 Å². The van der Waals surface area contributed by atoms with E-state index < -0.39 is 11.6 Å². The SMILES string of the molecule is CNC(CCc1nccn1C)Cc1c(F)cccc1F. The maximum absolute atomic E-state index is 13.6. The first-order chi connectivity index (χ1) is 9.61. The van der Waals surface area contributed by atoms with Crippen molar-refractivity contribution < 1.29 is 8.78 Å². The molecule has 0 saturated heterocycles. The van der Waals surface area contributed by atoms with Gasteiger partial charge in [0.2, 0.25) is 0 Å². The summed E-state index contributed by atoms with van der Waals surface area (Å²) in [5.41, 5.74) is 0.145. The van der Waals surface area contributed by atoms with E-state index in [0.717, 1.165) is 18.7 Å². The van der Waals surface area contributed by atoms with E-state index in [1.165, 1.54) is 18.2 Å². The number of hydrogen-bond donors (Lipinski definition) is 1. The molecule has 108 valence electrons. The molecule has 1 unspecified atom stereocenters. The lowest BCUT2D eigenvalue weighted by atomic mass is 10.0. The van der Waals surface area contributed by atoms with Crippen LogP contribution in [0.2, 0.25) is 0 Å². The highest BCUT2D eigenvalue weighted by molar-refractivity contribution is 5.20. The van der Waals surface area contributed by atoms with Crippen molar-refractivity contribution in [2.45, 2.75) is 25.3 Å². The summed E-state index contributed by atoms with van der Waals surface area (Å²) in [7, 11) is 3.75. The van der Waals surface area contributed by atoms with E-state index in [9.17, 15) is 8.78 Å². The molecule has 0 aliphatic carbocycles. The molecular weight excluding hydrogens is 260 g/mol. The molecule has 1 aromatic carbocycles. The van der Waals surface area contributed by atoms with Crippen molar-refractivity contribution >= 4 is 0 Å². The topological polar surface area (TPSA) is 29.9 Å². The predicted molar refractivity (Wildman–Crippen MR) is 74.4 cm³/mol. The molecule has 1 aromatic heterocycles. The molecule has 0 saturated carbocycles. The fourth-order valence-corrected chi connectivity index (χ4v) is 2.26. The first-order valence-corrected chi connectivity index (χ1v) is 6.68. The molecule has 0 aliphatic heterocycles. The van der Waals surface area contributed by atoms with Gasteiger partial charge >= 0.3 is 0 Å². The molecule has 2 aromatic rings. The van der Waals surface area contributed by atoms with E-state index >= 15 is 0 Å². The van der Waals surface area contributed by atoms with Crippen LogP contribution in [0.4, 0.5) is 8.78 Å². The lowest BCUT2D eigenvalue weighted by Gasteiger charge is -2.17. The van der Waals surface area contributed by atoms with Crippen molar-refractivity contribution in [2.75, 3.05) is 7.05 Å². The summed E-state index contributed by atoms with van der Waals surface area (Å²) in [5, 5.41) is 3.12. The minimum atomic E-state index is -0.484. The summed E-state index contributed by atoms with van der Waals surface area (Å²) in [6.45, 7) is 0. The summed E-state index contributed by atoms with van der Waals surface area (Å²) >= 11 is 0. The van der Waals surface area contributed by atoms with E-state index in [1.807, 2.05) is 24.9 Å². The van der Waals surface area contributed by atoms with Gasteiger partial charge in [0.1, 0.15) is 17.5 Å². The van der Waals surface area contributed by atoms with Crippen LogP contribution in [0.5, 0.6) is 0 Å². The van der Waals surface area contributed by atoms with Gasteiger partial charge < -0.3 is 9.88 Å². The number of aromatic nitrogens is 2. The second kappa shape index (κ2) is 6.61. The Morgan fingerprint density at radius 2 is 2.00 bits per heavy atom. The standard InChI is InChI=1S/C15H19F2N3/c1-18-11(6-7-15-19-8-9-20(15)2)10-12-13(16)4-3-5-14(12)17/h3-5,8-9,11,18H,6-7,10H2,1-2H3. The minimum Gasteiger partial charge on any atom is -0.338 e. The van der Waals surface area contributed by atoms with Crippen molar-refractivity contribution in [3.05, 3.63) is 53.6 Å². The zero-order valence-corrected chi connectivity index (χ0v) is 11.7. The third-order valence-electron chi connectivity index (χ3n) is 3.56. The first-order valence-electron chi connectivity index (χ1n) is 6.68. The average Bonchev–Trinajstić information content (AvgIpc) is 2.83. The van der Waals surface area contributed by atoms with Gasteiger partial charge in [0, 0.05) is 37.5 Å². The Morgan fingerprint density at radius 1 is 1.30 bits per heavy atom. The van der Waals surface area contributed by atoms with E-state index in [-0.39, 0.29) is 11.6 Å². The van der Waals surface area contributed by atoms with Gasteiger partial charge in [-0.1, -0.05) is 6.07 Å². The highest BCUT2D eigenvalue weighted by atomic mass is 19.1. The summed E-state index contributed by atoms with van der Waals surface area (Å²) in [6.07, 6.45) is 5.51. The highest BCUT2D eigenvalue weighted by Gasteiger charge is 2.15. The largest absolute Gasteiger partial charge is 0.338 e. The van der Waals surface area contributed by atoms with Crippen molar-refractivity contribution in [2.24, 2.45) is 7.05 Å². The molecule has 20 heavy (non-hydrogen) atoms. The second-order valence-corrected chi connectivity index (χ2v) is 4.88. The number of nitrogens with zero attached hydrogens (tertiary/aromatic N) is 2. The number of halogens is 2. The molecule has 0 amide bonds. The number of aryl methyl sites for hydroxylation is 2. The molecule has 0 aliphatic rings. The van der Waals surface area contributed by atoms with Gasteiger partial charge in [0.15, 0.2) is 0 Å². The van der Waals surface area contributed by atoms with Crippen LogP contribution in [0.1, 0.15) is 17.8 Å². The fraction of sp³-hybridized carbons (Fsp3) is 0.400. The van der Waals surface area contributed by atoms with Crippen LogP contribution < -0.4 is 5.32 Å². The monoisotopic (exact) mass is 279 g/mol. The van der Waals surface area contributed by atoms with Crippen LogP contribution in [0, 0.1) is 11.6 Å². The van der Waals surface area contributed by atoms with Crippen LogP contribution in [-0.2, 0) is 19.9 Å². The summed E-state index contributed by atoms with van der Waals surface area (Å²) in [5.74, 6) is 0.00346. The molecule has 0 fully saturated rings. The number of imidazole rings is 1. The van der Waals surface area contributed by atoms with Crippen LogP contribution in [-0.4, -0.2) is 22.6 Å². The Kier molecular flexibility index (Phi) is 4.84. The molecule has 0 spiro atoms. The number of likely N-dealkylation sites (N-methyl/N-ethyl adjacent to an activating group) is 1. The summed E-state index contributed by atoms with van der Waals surface area (Å²) < 4.78 is 29.2. The van der Waals surface area contributed by atoms with Crippen LogP contribution in [0.25, 0.3) is 0 Å². The fourth-order valence-electron chi connectivity index (χ4n) is 2.26. The minimum absolute atomic E-state index is 0.0121. The lowest BCUT2D eigenvalue weighted by Crippen LogP contribution is -2.29. The maximum atomic E-state index is 13.6. The Balaban J connectivity index is 2.01. The van der Waals surface area contributed by atoms with Gasteiger partial charge in [-0.3, -0.25) is 0 Å². The molecule has 5 heteroatoms. The normalized spacial score (nSPS) is 12.6. The number of nitrogens with one attached hydrogen (secondary N) is 1. The summed E-state index contributed by atoms with van der Waals surface area (Å²) in [6, 6.07) is 3.99. The van der Waals surface area contributed by atoms with Gasteiger partial charge in [-0.25, -0.2) is 13.8 Å². The van der Waals surface area contributed by atoms with Crippen molar-refractivity contribution in [3.63, 3.8) is 0 Å². The first kappa shape index (κ1) is 14.7. The predicted octanol–water partition coefficient (Wildman–Crippen LogP) is 2.46. The number of rotatable bonds is 6. The van der Waals surface area contributed by atoms with Gasteiger partial charge in [-0.2, -0.15) is 0 Å². The quantitative estimate of drug-likeness (QED) is 0.880. The number of hydrogen-bond acceptors (Lipinski definition) is 2. The van der Waals surface area contributed by atoms with E-state index in [4.69, 9.17) is 0 Å². The van der Waals surface area contributed by atoms with E-state index in [1.54, 1.807) is 6.20 Å². The molecule has 1 atom stereocenters. The zero-order chi connectivity index (χ0) is 14.5. The third-order valence-corrected chi connectivity index (χ3v) is 3.56. The smallest absolute Gasteiger partial charge is 0.129 e. The molecule has 0 radical (unpaired) electrons. The van der Waals surface area contributed by atoms with E-state index in [0.29, 0.717) is 6.42 Å². The van der Waals surface area contributed by atoms with Gasteiger partial charge in [-0.05, 0) is 32.0 Å². The van der Waals surface area contributed by atoms with Gasteiger partial charge in [0.05, 0.1) is 0 Å². The third kappa shape index (κ3) is 3.42. The molecule has 2 rings (SSSR count). The Hall–Kier alpha value is -1.75. The highest BCUT2D eigenvalue weighted by Crippen LogP contribution is 2.16. The van der Waals surface area contributed by atoms with Crippen molar-refractivity contribution in [1.29, 1.82) is 0 Å². The van der Waals surface area contributed by atoms with Gasteiger partial charge in [0.25, 0.3) is 0 Å².